The van der Waals surface area contributed by atoms with Gasteiger partial charge in [0.05, 0.1) is 0 Å². The molecular weight excluding hydrogens is 349 g/mol. The fourth-order valence-corrected chi connectivity index (χ4v) is 3.47. The van der Waals surface area contributed by atoms with Gasteiger partial charge in [0.25, 0.3) is 5.91 Å². The molecule has 0 bridgehead atoms. The molecule has 27 heavy (non-hydrogen) atoms. The van der Waals surface area contributed by atoms with Crippen molar-refractivity contribution < 1.29 is 18.8 Å². The van der Waals surface area contributed by atoms with Gasteiger partial charge in [-0.2, -0.15) is 0 Å². The second kappa shape index (κ2) is 8.33. The summed E-state index contributed by atoms with van der Waals surface area (Å²) < 4.78 is 13.0. The zero-order valence-electron chi connectivity index (χ0n) is 15.5. The summed E-state index contributed by atoms with van der Waals surface area (Å²) in [5.41, 5.74) is 1.62. The van der Waals surface area contributed by atoms with Gasteiger partial charge in [0.2, 0.25) is 0 Å². The first kappa shape index (κ1) is 19.1. The van der Waals surface area contributed by atoms with Crippen molar-refractivity contribution in [2.45, 2.75) is 19.8 Å². The number of carbonyl (C=O) groups excluding carboxylic acids is 3. The highest BCUT2D eigenvalue weighted by molar-refractivity contribution is 6.35. The summed E-state index contributed by atoms with van der Waals surface area (Å²) in [5, 5.41) is 0. The summed E-state index contributed by atoms with van der Waals surface area (Å²) in [6.45, 7) is 4.52. The molecule has 2 saturated heterocycles. The number of halogens is 1. The van der Waals surface area contributed by atoms with E-state index in [1.54, 1.807) is 9.80 Å². The van der Waals surface area contributed by atoms with Crippen molar-refractivity contribution in [2.24, 2.45) is 0 Å². The molecule has 3 rings (SSSR count). The average molecular weight is 373 g/mol. The molecule has 0 aromatic heterocycles. The summed E-state index contributed by atoms with van der Waals surface area (Å²) in [6.07, 6.45) is 3.86. The summed E-state index contributed by atoms with van der Waals surface area (Å²) in [4.78, 5) is 42.1. The number of hydrogen-bond acceptors (Lipinski definition) is 3. The Labute approximate surface area is 158 Å². The third kappa shape index (κ3) is 4.35. The van der Waals surface area contributed by atoms with Gasteiger partial charge in [0, 0.05) is 44.8 Å². The largest absolute Gasteiger partial charge is 0.335 e. The van der Waals surface area contributed by atoms with Crippen LogP contribution < -0.4 is 0 Å². The van der Waals surface area contributed by atoms with E-state index in [2.05, 4.69) is 13.0 Å². The molecule has 7 heteroatoms. The highest BCUT2D eigenvalue weighted by atomic mass is 19.1. The van der Waals surface area contributed by atoms with Crippen molar-refractivity contribution in [3.05, 3.63) is 47.3 Å². The normalized spacial score (nSPS) is 18.9. The summed E-state index contributed by atoms with van der Waals surface area (Å²) in [6, 6.07) is 5.41. The Bertz CT molecular complexity index is 752. The van der Waals surface area contributed by atoms with Crippen LogP contribution in [0.1, 0.15) is 30.1 Å². The number of likely N-dealkylation sites (tertiary alicyclic amines) is 1. The lowest BCUT2D eigenvalue weighted by Gasteiger charge is -2.35. The van der Waals surface area contributed by atoms with E-state index in [-0.39, 0.29) is 11.7 Å². The van der Waals surface area contributed by atoms with E-state index >= 15 is 0 Å². The highest BCUT2D eigenvalue weighted by Crippen LogP contribution is 2.17. The van der Waals surface area contributed by atoms with Crippen molar-refractivity contribution in [2.75, 3.05) is 39.3 Å². The Morgan fingerprint density at radius 1 is 0.926 bits per heavy atom. The van der Waals surface area contributed by atoms with E-state index in [1.807, 2.05) is 0 Å². The van der Waals surface area contributed by atoms with Gasteiger partial charge in [-0.05, 0) is 37.1 Å². The van der Waals surface area contributed by atoms with Gasteiger partial charge in [0.1, 0.15) is 5.82 Å². The average Bonchev–Trinajstić information content (AvgIpc) is 3.16. The van der Waals surface area contributed by atoms with Crippen molar-refractivity contribution >= 4 is 17.7 Å². The molecule has 2 aliphatic heterocycles. The van der Waals surface area contributed by atoms with Gasteiger partial charge >= 0.3 is 11.8 Å². The Balaban J connectivity index is 1.53. The zero-order valence-corrected chi connectivity index (χ0v) is 15.5. The predicted octanol–water partition coefficient (Wildman–Crippen LogP) is 1.68. The molecule has 0 saturated carbocycles. The second-order valence-corrected chi connectivity index (χ2v) is 6.84. The molecule has 2 fully saturated rings. The van der Waals surface area contributed by atoms with Crippen LogP contribution in [-0.2, 0) is 9.59 Å². The first-order valence-electron chi connectivity index (χ1n) is 9.30. The zero-order chi connectivity index (χ0) is 19.4. The minimum atomic E-state index is -0.498. The van der Waals surface area contributed by atoms with E-state index < -0.39 is 11.8 Å². The molecule has 0 radical (unpaired) electrons. The Kier molecular flexibility index (Phi) is 5.88. The van der Waals surface area contributed by atoms with Crippen LogP contribution in [0.4, 0.5) is 4.39 Å². The van der Waals surface area contributed by atoms with Crippen LogP contribution in [0, 0.1) is 5.82 Å². The predicted molar refractivity (Wildman–Crippen MR) is 98.5 cm³/mol. The van der Waals surface area contributed by atoms with Gasteiger partial charge in [-0.1, -0.05) is 18.6 Å². The SMILES string of the molecule is CC/C=C1/CCN(C(=O)C(=O)N2CCN(C(=O)c3ccc(F)cc3)CC2)C1. The molecule has 144 valence electrons. The van der Waals surface area contributed by atoms with Crippen molar-refractivity contribution in [3.63, 3.8) is 0 Å². The van der Waals surface area contributed by atoms with Crippen LogP contribution in [0.25, 0.3) is 0 Å². The number of rotatable bonds is 2. The molecule has 0 aliphatic carbocycles. The third-order valence-electron chi connectivity index (χ3n) is 5.01. The summed E-state index contributed by atoms with van der Waals surface area (Å²) >= 11 is 0. The number of nitrogens with zero attached hydrogens (tertiary/aromatic N) is 3. The molecule has 6 nitrogen and oxygen atoms in total. The van der Waals surface area contributed by atoms with Crippen LogP contribution in [0.2, 0.25) is 0 Å². The van der Waals surface area contributed by atoms with Crippen LogP contribution in [-0.4, -0.2) is 71.7 Å². The smallest absolute Gasteiger partial charge is 0.312 e. The third-order valence-corrected chi connectivity index (χ3v) is 5.01. The molecule has 0 atom stereocenters. The Hall–Kier alpha value is -2.70. The second-order valence-electron chi connectivity index (χ2n) is 6.84. The van der Waals surface area contributed by atoms with Crippen molar-refractivity contribution in [3.8, 4) is 0 Å². The molecule has 2 heterocycles. The number of hydrogen-bond donors (Lipinski definition) is 0. The first-order chi connectivity index (χ1) is 13.0. The number of piperazine rings is 1. The van der Waals surface area contributed by atoms with Crippen molar-refractivity contribution in [1.29, 1.82) is 0 Å². The highest BCUT2D eigenvalue weighted by Gasteiger charge is 2.32. The number of allylic oxidation sites excluding steroid dienone is 1. The molecular formula is C20H24FN3O3. The quantitative estimate of drug-likeness (QED) is 0.585. The maximum atomic E-state index is 13.0. The van der Waals surface area contributed by atoms with Gasteiger partial charge < -0.3 is 14.7 Å². The lowest BCUT2D eigenvalue weighted by atomic mass is 10.1. The van der Waals surface area contributed by atoms with Gasteiger partial charge in [-0.3, -0.25) is 14.4 Å². The van der Waals surface area contributed by atoms with E-state index in [1.165, 1.54) is 34.7 Å². The maximum Gasteiger partial charge on any atom is 0.312 e. The van der Waals surface area contributed by atoms with Crippen LogP contribution in [0.5, 0.6) is 0 Å². The fourth-order valence-electron chi connectivity index (χ4n) is 3.47. The van der Waals surface area contributed by atoms with E-state index in [4.69, 9.17) is 0 Å². The number of carbonyl (C=O) groups is 3. The Morgan fingerprint density at radius 2 is 1.52 bits per heavy atom. The van der Waals surface area contributed by atoms with E-state index in [9.17, 15) is 18.8 Å². The topological polar surface area (TPSA) is 60.9 Å². The van der Waals surface area contributed by atoms with Crippen LogP contribution >= 0.6 is 0 Å². The minimum Gasteiger partial charge on any atom is -0.335 e. The van der Waals surface area contributed by atoms with Crippen LogP contribution in [0.15, 0.2) is 35.9 Å². The first-order valence-corrected chi connectivity index (χ1v) is 9.30. The van der Waals surface area contributed by atoms with E-state index in [0.29, 0.717) is 44.8 Å². The molecule has 0 spiro atoms. The molecule has 0 N–H and O–H groups in total. The summed E-state index contributed by atoms with van der Waals surface area (Å²) in [5.74, 6) is -1.55. The summed E-state index contributed by atoms with van der Waals surface area (Å²) in [7, 11) is 0. The lowest BCUT2D eigenvalue weighted by molar-refractivity contribution is -0.151. The van der Waals surface area contributed by atoms with Gasteiger partial charge in [-0.25, -0.2) is 4.39 Å². The molecule has 2 aliphatic rings. The monoisotopic (exact) mass is 373 g/mol. The van der Waals surface area contributed by atoms with E-state index in [0.717, 1.165) is 12.8 Å². The molecule has 1 aromatic carbocycles. The lowest BCUT2D eigenvalue weighted by Crippen LogP contribution is -2.54. The van der Waals surface area contributed by atoms with Crippen molar-refractivity contribution in [1.82, 2.24) is 14.7 Å². The molecule has 1 aromatic rings. The number of benzene rings is 1. The molecule has 0 unspecified atom stereocenters. The maximum absolute atomic E-state index is 13.0. The fraction of sp³-hybridized carbons (Fsp3) is 0.450. The van der Waals surface area contributed by atoms with Gasteiger partial charge in [-0.15, -0.1) is 0 Å². The Morgan fingerprint density at radius 3 is 2.15 bits per heavy atom. The number of amides is 3. The van der Waals surface area contributed by atoms with Gasteiger partial charge in [0.15, 0.2) is 0 Å². The standard InChI is InChI=1S/C20H24FN3O3/c1-2-3-15-8-9-24(14-15)20(27)19(26)23-12-10-22(11-13-23)18(25)16-4-6-17(21)7-5-16/h3-7H,2,8-14H2,1H3/b15-3-. The molecule has 3 amide bonds. The van der Waals surface area contributed by atoms with Crippen LogP contribution in [0.3, 0.4) is 0 Å². The minimum absolute atomic E-state index is 0.192.